The van der Waals surface area contributed by atoms with Gasteiger partial charge < -0.3 is 15.2 Å². The molecule has 1 aromatic carbocycles. The Hall–Kier alpha value is -1.97. The zero-order chi connectivity index (χ0) is 20.2. The molecule has 0 saturated carbocycles. The molecule has 1 aliphatic heterocycles. The number of methoxy groups -OCH3 is 1. The lowest BCUT2D eigenvalue weighted by Crippen LogP contribution is -2.57. The lowest BCUT2D eigenvalue weighted by Gasteiger charge is -2.33. The van der Waals surface area contributed by atoms with Crippen LogP contribution in [0, 0.1) is 12.8 Å². The van der Waals surface area contributed by atoms with E-state index >= 15 is 0 Å². The van der Waals surface area contributed by atoms with Crippen LogP contribution in [0.15, 0.2) is 29.2 Å². The zero-order valence-corrected chi connectivity index (χ0v) is 16.6. The highest BCUT2D eigenvalue weighted by Gasteiger charge is 2.38. The number of aryl methyl sites for hydroxylation is 1. The Kier molecular flexibility index (Phi) is 6.61. The highest BCUT2D eigenvalue weighted by Crippen LogP contribution is 2.24. The van der Waals surface area contributed by atoms with Crippen LogP contribution in [-0.2, 0) is 24.3 Å². The third-order valence-corrected chi connectivity index (χ3v) is 6.70. The Morgan fingerprint density at radius 3 is 2.30 bits per heavy atom. The van der Waals surface area contributed by atoms with Gasteiger partial charge in [-0.3, -0.25) is 4.79 Å². The second-order valence-electron chi connectivity index (χ2n) is 7.05. The van der Waals surface area contributed by atoms with Crippen molar-refractivity contribution in [2.24, 2.45) is 5.92 Å². The minimum atomic E-state index is -3.60. The molecule has 0 aliphatic carbocycles. The van der Waals surface area contributed by atoms with Crippen molar-refractivity contribution < 1.29 is 27.9 Å². The van der Waals surface area contributed by atoms with Gasteiger partial charge in [-0.25, -0.2) is 13.2 Å². The van der Waals surface area contributed by atoms with Gasteiger partial charge in [0.2, 0.25) is 15.9 Å². The third-order valence-electron chi connectivity index (χ3n) is 4.79. The number of sulfonamides is 1. The second kappa shape index (κ2) is 8.37. The summed E-state index contributed by atoms with van der Waals surface area (Å²) in [6.45, 7) is 3.53. The van der Waals surface area contributed by atoms with E-state index in [4.69, 9.17) is 4.74 Å². The first-order valence-corrected chi connectivity index (χ1v) is 10.2. The third kappa shape index (κ3) is 4.85. The number of aliphatic carboxylic acids is 1. The highest BCUT2D eigenvalue weighted by atomic mass is 32.2. The number of carboxylic acid groups (broad SMARTS) is 1. The number of nitrogens with zero attached hydrogens (tertiary/aromatic N) is 1. The van der Waals surface area contributed by atoms with E-state index in [1.165, 1.54) is 18.3 Å². The summed E-state index contributed by atoms with van der Waals surface area (Å²) in [6, 6.07) is 6.64. The van der Waals surface area contributed by atoms with Gasteiger partial charge in [-0.2, -0.15) is 4.31 Å². The summed E-state index contributed by atoms with van der Waals surface area (Å²) >= 11 is 0. The Labute approximate surface area is 159 Å². The summed E-state index contributed by atoms with van der Waals surface area (Å²) < 4.78 is 31.7. The molecule has 0 aromatic heterocycles. The second-order valence-corrected chi connectivity index (χ2v) is 8.99. The van der Waals surface area contributed by atoms with Gasteiger partial charge in [-0.05, 0) is 38.8 Å². The average Bonchev–Trinajstić information content (AvgIpc) is 2.62. The molecular formula is C18H26N2O6S. The van der Waals surface area contributed by atoms with E-state index in [0.29, 0.717) is 12.8 Å². The topological polar surface area (TPSA) is 113 Å². The SMILES string of the molecule is COCC(C)(NC(=O)C1CCN(S(=O)(=O)c2ccc(C)cc2)CC1)C(=O)O. The maximum Gasteiger partial charge on any atom is 0.331 e. The maximum absolute atomic E-state index is 12.7. The van der Waals surface area contributed by atoms with Gasteiger partial charge in [0.05, 0.1) is 11.5 Å². The molecule has 1 aliphatic rings. The van der Waals surface area contributed by atoms with Gasteiger partial charge in [-0.15, -0.1) is 0 Å². The molecular weight excluding hydrogens is 372 g/mol. The number of carbonyl (C=O) groups excluding carboxylic acids is 1. The van der Waals surface area contributed by atoms with Crippen LogP contribution in [0.2, 0.25) is 0 Å². The van der Waals surface area contributed by atoms with Crippen LogP contribution in [0.5, 0.6) is 0 Å². The number of hydrogen-bond donors (Lipinski definition) is 2. The molecule has 1 aromatic rings. The van der Waals surface area contributed by atoms with Crippen molar-refractivity contribution in [3.63, 3.8) is 0 Å². The predicted molar refractivity (Wildman–Crippen MR) is 98.7 cm³/mol. The number of nitrogens with one attached hydrogen (secondary N) is 1. The number of carboxylic acids is 1. The van der Waals surface area contributed by atoms with Gasteiger partial charge in [0.25, 0.3) is 0 Å². The smallest absolute Gasteiger partial charge is 0.331 e. The normalized spacial score (nSPS) is 18.6. The van der Waals surface area contributed by atoms with Crippen LogP contribution in [-0.4, -0.2) is 62.1 Å². The van der Waals surface area contributed by atoms with Gasteiger partial charge in [0, 0.05) is 26.1 Å². The molecule has 8 nitrogen and oxygen atoms in total. The number of hydrogen-bond acceptors (Lipinski definition) is 5. The van der Waals surface area contributed by atoms with Gasteiger partial charge in [-0.1, -0.05) is 17.7 Å². The fourth-order valence-corrected chi connectivity index (χ4v) is 4.50. The largest absolute Gasteiger partial charge is 0.479 e. The lowest BCUT2D eigenvalue weighted by molar-refractivity contribution is -0.150. The summed E-state index contributed by atoms with van der Waals surface area (Å²) in [5.74, 6) is -2.02. The maximum atomic E-state index is 12.7. The highest BCUT2D eigenvalue weighted by molar-refractivity contribution is 7.89. The Morgan fingerprint density at radius 2 is 1.81 bits per heavy atom. The van der Waals surface area contributed by atoms with E-state index in [1.807, 2.05) is 6.92 Å². The van der Waals surface area contributed by atoms with Gasteiger partial charge >= 0.3 is 5.97 Å². The minimum Gasteiger partial charge on any atom is -0.479 e. The molecule has 0 spiro atoms. The summed E-state index contributed by atoms with van der Waals surface area (Å²) in [7, 11) is -2.23. The van der Waals surface area contributed by atoms with Crippen molar-refractivity contribution in [2.45, 2.75) is 37.1 Å². The molecule has 2 rings (SSSR count). The molecule has 1 fully saturated rings. The van der Waals surface area contributed by atoms with Crippen LogP contribution in [0.4, 0.5) is 0 Å². The first kappa shape index (κ1) is 21.3. The number of benzene rings is 1. The minimum absolute atomic E-state index is 0.158. The molecule has 1 heterocycles. The number of amides is 1. The molecule has 150 valence electrons. The molecule has 1 saturated heterocycles. The molecule has 1 amide bonds. The number of carbonyl (C=O) groups is 2. The van der Waals surface area contributed by atoms with Crippen LogP contribution in [0.1, 0.15) is 25.3 Å². The first-order valence-electron chi connectivity index (χ1n) is 8.71. The number of ether oxygens (including phenoxy) is 1. The number of piperidine rings is 1. The van der Waals surface area contributed by atoms with Gasteiger partial charge in [0.15, 0.2) is 5.54 Å². The van der Waals surface area contributed by atoms with E-state index in [-0.39, 0.29) is 24.6 Å². The molecule has 0 radical (unpaired) electrons. The van der Waals surface area contributed by atoms with Crippen LogP contribution >= 0.6 is 0 Å². The molecule has 9 heteroatoms. The van der Waals surface area contributed by atoms with E-state index < -0.39 is 33.4 Å². The zero-order valence-electron chi connectivity index (χ0n) is 15.8. The molecule has 1 unspecified atom stereocenters. The molecule has 27 heavy (non-hydrogen) atoms. The fraction of sp³-hybridized carbons (Fsp3) is 0.556. The quantitative estimate of drug-likeness (QED) is 0.709. The van der Waals surface area contributed by atoms with E-state index in [2.05, 4.69) is 5.32 Å². The van der Waals surface area contributed by atoms with Crippen molar-refractivity contribution in [3.8, 4) is 0 Å². The fourth-order valence-electron chi connectivity index (χ4n) is 3.03. The van der Waals surface area contributed by atoms with Gasteiger partial charge in [0.1, 0.15) is 0 Å². The summed E-state index contributed by atoms with van der Waals surface area (Å²) in [5.41, 5.74) is -0.543. The van der Waals surface area contributed by atoms with Crippen molar-refractivity contribution in [3.05, 3.63) is 29.8 Å². The predicted octanol–water partition coefficient (Wildman–Crippen LogP) is 1.00. The van der Waals surface area contributed by atoms with E-state index in [1.54, 1.807) is 24.3 Å². The lowest BCUT2D eigenvalue weighted by atomic mass is 9.95. The van der Waals surface area contributed by atoms with Crippen molar-refractivity contribution in [1.29, 1.82) is 0 Å². The van der Waals surface area contributed by atoms with E-state index in [0.717, 1.165) is 5.56 Å². The summed E-state index contributed by atoms with van der Waals surface area (Å²) in [5, 5.41) is 11.8. The Bertz CT molecular complexity index is 785. The van der Waals surface area contributed by atoms with Crippen molar-refractivity contribution in [2.75, 3.05) is 26.8 Å². The Balaban J connectivity index is 2.01. The molecule has 2 N–H and O–H groups in total. The van der Waals surface area contributed by atoms with Crippen LogP contribution < -0.4 is 5.32 Å². The van der Waals surface area contributed by atoms with Crippen LogP contribution in [0.3, 0.4) is 0 Å². The summed E-state index contributed by atoms with van der Waals surface area (Å²) in [4.78, 5) is 24.1. The number of rotatable bonds is 7. The average molecular weight is 398 g/mol. The van der Waals surface area contributed by atoms with Crippen molar-refractivity contribution in [1.82, 2.24) is 9.62 Å². The Morgan fingerprint density at radius 1 is 1.26 bits per heavy atom. The monoisotopic (exact) mass is 398 g/mol. The standard InChI is InChI=1S/C18H26N2O6S/c1-13-4-6-15(7-5-13)27(24,25)20-10-8-14(9-11-20)16(21)19-18(2,12-26-3)17(22)23/h4-7,14H,8-12H2,1-3H3,(H,19,21)(H,22,23). The van der Waals surface area contributed by atoms with E-state index in [9.17, 15) is 23.1 Å². The first-order chi connectivity index (χ1) is 12.6. The van der Waals surface area contributed by atoms with Crippen LogP contribution in [0.25, 0.3) is 0 Å². The molecule has 0 bridgehead atoms. The molecule has 1 atom stereocenters. The van der Waals surface area contributed by atoms with Crippen molar-refractivity contribution >= 4 is 21.9 Å². The summed E-state index contributed by atoms with van der Waals surface area (Å²) in [6.07, 6.45) is 0.666.